The first-order valence-corrected chi connectivity index (χ1v) is 3.55. The van der Waals surface area contributed by atoms with Crippen molar-refractivity contribution in [3.63, 3.8) is 0 Å². The van der Waals surface area contributed by atoms with E-state index >= 15 is 0 Å². The first kappa shape index (κ1) is 9.57. The van der Waals surface area contributed by atoms with E-state index in [1.807, 2.05) is 0 Å². The molecule has 0 N–H and O–H groups in total. The van der Waals surface area contributed by atoms with E-state index in [-0.39, 0.29) is 11.3 Å². The number of hydrogen-bond donors (Lipinski definition) is 0. The number of aryl methyl sites for hydroxylation is 1. The largest absolute Gasteiger partial charge is 0.270 e. The standard InChI is InChI=1S/C8H7F2NO2/c1-5-2-6(8(9)10)4-7(3-5)11(12)13/h2-4,8H,1H3. The summed E-state index contributed by atoms with van der Waals surface area (Å²) in [6.07, 6.45) is -2.67. The molecule has 3 nitrogen and oxygen atoms in total. The normalized spacial score (nSPS) is 10.5. The van der Waals surface area contributed by atoms with Gasteiger partial charge in [0.15, 0.2) is 0 Å². The van der Waals surface area contributed by atoms with Crippen LogP contribution < -0.4 is 0 Å². The molecule has 0 fully saturated rings. The van der Waals surface area contributed by atoms with Gasteiger partial charge in [0, 0.05) is 17.7 Å². The Hall–Kier alpha value is -1.52. The van der Waals surface area contributed by atoms with Crippen molar-refractivity contribution in [3.8, 4) is 0 Å². The Morgan fingerprint density at radius 1 is 1.38 bits per heavy atom. The van der Waals surface area contributed by atoms with Gasteiger partial charge in [0.1, 0.15) is 0 Å². The van der Waals surface area contributed by atoms with Crippen molar-refractivity contribution in [1.82, 2.24) is 0 Å². The van der Waals surface area contributed by atoms with Crippen molar-refractivity contribution in [2.75, 3.05) is 0 Å². The second-order valence-electron chi connectivity index (χ2n) is 2.66. The minimum absolute atomic E-state index is 0.296. The van der Waals surface area contributed by atoms with E-state index in [0.717, 1.165) is 6.07 Å². The number of nitrogens with zero attached hydrogens (tertiary/aromatic N) is 1. The van der Waals surface area contributed by atoms with Gasteiger partial charge in [-0.2, -0.15) is 0 Å². The maximum atomic E-state index is 12.2. The number of rotatable bonds is 2. The topological polar surface area (TPSA) is 43.1 Å². The molecule has 0 unspecified atom stereocenters. The van der Waals surface area contributed by atoms with Gasteiger partial charge < -0.3 is 0 Å². The number of alkyl halides is 2. The molecule has 0 heterocycles. The molecule has 0 bridgehead atoms. The van der Waals surface area contributed by atoms with Gasteiger partial charge in [-0.3, -0.25) is 10.1 Å². The molecule has 0 atom stereocenters. The minimum atomic E-state index is -2.67. The molecular weight excluding hydrogens is 180 g/mol. The lowest BCUT2D eigenvalue weighted by Gasteiger charge is -2.00. The average molecular weight is 187 g/mol. The van der Waals surface area contributed by atoms with Crippen LogP contribution in [0.3, 0.4) is 0 Å². The second-order valence-corrected chi connectivity index (χ2v) is 2.66. The lowest BCUT2D eigenvalue weighted by molar-refractivity contribution is -0.385. The van der Waals surface area contributed by atoms with Crippen LogP contribution in [0.15, 0.2) is 18.2 Å². The zero-order valence-corrected chi connectivity index (χ0v) is 6.83. The fraction of sp³-hybridized carbons (Fsp3) is 0.250. The van der Waals surface area contributed by atoms with E-state index in [9.17, 15) is 18.9 Å². The summed E-state index contributed by atoms with van der Waals surface area (Å²) in [5, 5.41) is 10.3. The first-order valence-electron chi connectivity index (χ1n) is 3.55. The maximum Gasteiger partial charge on any atom is 0.270 e. The predicted molar refractivity (Wildman–Crippen MR) is 42.8 cm³/mol. The SMILES string of the molecule is Cc1cc(C(F)F)cc([N+](=O)[O-])c1. The van der Waals surface area contributed by atoms with Gasteiger partial charge in [0.05, 0.1) is 4.92 Å². The Kier molecular flexibility index (Phi) is 2.55. The molecule has 0 aromatic heterocycles. The number of halogens is 2. The molecule has 0 amide bonds. The number of non-ortho nitro benzene ring substituents is 1. The van der Waals surface area contributed by atoms with Crippen LogP contribution in [0.25, 0.3) is 0 Å². The average Bonchev–Trinajstić information content (AvgIpc) is 2.03. The van der Waals surface area contributed by atoms with Crippen LogP contribution in [0.4, 0.5) is 14.5 Å². The summed E-state index contributed by atoms with van der Waals surface area (Å²) in [6.45, 7) is 1.54. The second kappa shape index (κ2) is 3.47. The molecule has 0 radical (unpaired) electrons. The molecule has 5 heteroatoms. The van der Waals surface area contributed by atoms with Crippen LogP contribution in [0, 0.1) is 17.0 Å². The molecule has 0 aliphatic rings. The molecule has 1 aromatic carbocycles. The van der Waals surface area contributed by atoms with Crippen molar-refractivity contribution in [2.24, 2.45) is 0 Å². The number of nitro benzene ring substituents is 1. The third-order valence-corrected chi connectivity index (χ3v) is 1.55. The highest BCUT2D eigenvalue weighted by atomic mass is 19.3. The first-order chi connectivity index (χ1) is 6.00. The van der Waals surface area contributed by atoms with Gasteiger partial charge >= 0.3 is 0 Å². The van der Waals surface area contributed by atoms with Crippen molar-refractivity contribution in [1.29, 1.82) is 0 Å². The quantitative estimate of drug-likeness (QED) is 0.527. The molecule has 1 aromatic rings. The highest BCUT2D eigenvalue weighted by Gasteiger charge is 2.13. The van der Waals surface area contributed by atoms with Crippen LogP contribution in [-0.4, -0.2) is 4.92 Å². The van der Waals surface area contributed by atoms with Crippen molar-refractivity contribution >= 4 is 5.69 Å². The molecule has 0 saturated carbocycles. The highest BCUT2D eigenvalue weighted by molar-refractivity contribution is 5.39. The van der Waals surface area contributed by atoms with Gasteiger partial charge in [-0.25, -0.2) is 8.78 Å². The summed E-state index contributed by atoms with van der Waals surface area (Å²) in [4.78, 5) is 9.61. The molecule has 0 spiro atoms. The summed E-state index contributed by atoms with van der Waals surface area (Å²) < 4.78 is 24.3. The van der Waals surface area contributed by atoms with E-state index in [4.69, 9.17) is 0 Å². The third-order valence-electron chi connectivity index (χ3n) is 1.55. The smallest absolute Gasteiger partial charge is 0.258 e. The Morgan fingerprint density at radius 2 is 2.00 bits per heavy atom. The van der Waals surface area contributed by atoms with Crippen molar-refractivity contribution in [3.05, 3.63) is 39.4 Å². The molecule has 0 aliphatic heterocycles. The van der Waals surface area contributed by atoms with Crippen LogP contribution in [0.1, 0.15) is 17.6 Å². The molecular formula is C8H7F2NO2. The van der Waals surface area contributed by atoms with Gasteiger partial charge in [-0.05, 0) is 18.6 Å². The van der Waals surface area contributed by atoms with Gasteiger partial charge in [-0.15, -0.1) is 0 Å². The van der Waals surface area contributed by atoms with Crippen molar-refractivity contribution in [2.45, 2.75) is 13.3 Å². The lowest BCUT2D eigenvalue weighted by atomic mass is 10.1. The number of nitro groups is 1. The Labute approximate surface area is 73.1 Å². The van der Waals surface area contributed by atoms with Crippen molar-refractivity contribution < 1.29 is 13.7 Å². The predicted octanol–water partition coefficient (Wildman–Crippen LogP) is 2.84. The molecule has 13 heavy (non-hydrogen) atoms. The van der Waals surface area contributed by atoms with E-state index < -0.39 is 11.3 Å². The molecule has 0 aliphatic carbocycles. The zero-order chi connectivity index (χ0) is 10.0. The van der Waals surface area contributed by atoms with Gasteiger partial charge in [0.25, 0.3) is 12.1 Å². The molecule has 70 valence electrons. The monoisotopic (exact) mass is 187 g/mol. The zero-order valence-electron chi connectivity index (χ0n) is 6.83. The third kappa shape index (κ3) is 2.21. The summed E-state index contributed by atoms with van der Waals surface area (Å²) >= 11 is 0. The Bertz CT molecular complexity index is 339. The van der Waals surface area contributed by atoms with E-state index in [1.165, 1.54) is 12.1 Å². The fourth-order valence-electron chi connectivity index (χ4n) is 1.02. The van der Waals surface area contributed by atoms with Crippen LogP contribution in [0.2, 0.25) is 0 Å². The van der Waals surface area contributed by atoms with Gasteiger partial charge in [0.2, 0.25) is 0 Å². The number of hydrogen-bond acceptors (Lipinski definition) is 2. The lowest BCUT2D eigenvalue weighted by Crippen LogP contribution is -1.92. The van der Waals surface area contributed by atoms with Crippen LogP contribution >= 0.6 is 0 Å². The summed E-state index contributed by atoms with van der Waals surface area (Å²) in [7, 11) is 0. The van der Waals surface area contributed by atoms with Gasteiger partial charge in [-0.1, -0.05) is 0 Å². The number of benzene rings is 1. The van der Waals surface area contributed by atoms with E-state index in [2.05, 4.69) is 0 Å². The van der Waals surface area contributed by atoms with Crippen LogP contribution in [0.5, 0.6) is 0 Å². The summed E-state index contributed by atoms with van der Waals surface area (Å²) in [6, 6.07) is 3.38. The fourth-order valence-corrected chi connectivity index (χ4v) is 1.02. The molecule has 0 saturated heterocycles. The van der Waals surface area contributed by atoms with E-state index in [1.54, 1.807) is 6.92 Å². The van der Waals surface area contributed by atoms with E-state index in [0.29, 0.717) is 5.56 Å². The summed E-state index contributed by atoms with van der Waals surface area (Å²) in [5.74, 6) is 0. The minimum Gasteiger partial charge on any atom is -0.258 e. The Balaban J connectivity index is 3.19. The summed E-state index contributed by atoms with van der Waals surface area (Å²) in [5.41, 5.74) is -0.147. The maximum absolute atomic E-state index is 12.2. The highest BCUT2D eigenvalue weighted by Crippen LogP contribution is 2.24. The van der Waals surface area contributed by atoms with Crippen LogP contribution in [-0.2, 0) is 0 Å². The Morgan fingerprint density at radius 3 is 2.46 bits per heavy atom. The molecule has 1 rings (SSSR count).